The maximum absolute atomic E-state index is 11.3. The predicted molar refractivity (Wildman–Crippen MR) is 90.9 cm³/mol. The van der Waals surface area contributed by atoms with Crippen LogP contribution in [0.15, 0.2) is 0 Å². The quantitative estimate of drug-likeness (QED) is 0.387. The van der Waals surface area contributed by atoms with Gasteiger partial charge in [-0.3, -0.25) is 14.4 Å². The SMILES string of the molecule is CCCCCCCC(CCCC(CC(C)C(=O)O)C(=O)O)C(=O)O. The molecule has 0 spiro atoms. The first-order chi connectivity index (χ1) is 11.3. The zero-order chi connectivity index (χ0) is 18.5. The maximum atomic E-state index is 11.3. The topological polar surface area (TPSA) is 112 Å². The first kappa shape index (κ1) is 22.4. The van der Waals surface area contributed by atoms with Gasteiger partial charge in [0.2, 0.25) is 0 Å². The Kier molecular flexibility index (Phi) is 11.9. The second-order valence-corrected chi connectivity index (χ2v) is 6.68. The average Bonchev–Trinajstić information content (AvgIpc) is 2.50. The molecule has 3 unspecified atom stereocenters. The summed E-state index contributed by atoms with van der Waals surface area (Å²) in [4.78, 5) is 33.4. The van der Waals surface area contributed by atoms with E-state index in [4.69, 9.17) is 5.11 Å². The Morgan fingerprint density at radius 2 is 1.21 bits per heavy atom. The summed E-state index contributed by atoms with van der Waals surface area (Å²) in [5, 5.41) is 27.4. The predicted octanol–water partition coefficient (Wildman–Crippen LogP) is 4.03. The molecule has 0 aliphatic carbocycles. The molecule has 0 aromatic carbocycles. The van der Waals surface area contributed by atoms with Crippen LogP contribution < -0.4 is 0 Å². The van der Waals surface area contributed by atoms with Crippen molar-refractivity contribution in [3.8, 4) is 0 Å². The van der Waals surface area contributed by atoms with Crippen molar-refractivity contribution < 1.29 is 29.7 Å². The van der Waals surface area contributed by atoms with Gasteiger partial charge in [0, 0.05) is 0 Å². The molecular formula is C18H32O6. The van der Waals surface area contributed by atoms with E-state index in [0.29, 0.717) is 25.7 Å². The molecule has 0 aromatic rings. The third-order valence-electron chi connectivity index (χ3n) is 4.52. The van der Waals surface area contributed by atoms with Gasteiger partial charge in [0.1, 0.15) is 0 Å². The van der Waals surface area contributed by atoms with Gasteiger partial charge in [-0.2, -0.15) is 0 Å². The Morgan fingerprint density at radius 1 is 0.708 bits per heavy atom. The summed E-state index contributed by atoms with van der Waals surface area (Å²) in [5.41, 5.74) is 0. The molecule has 0 heterocycles. The van der Waals surface area contributed by atoms with Crippen molar-refractivity contribution in [2.75, 3.05) is 0 Å². The number of hydrogen-bond acceptors (Lipinski definition) is 3. The molecule has 0 fully saturated rings. The number of unbranched alkanes of at least 4 members (excludes halogenated alkanes) is 4. The summed E-state index contributed by atoms with van der Waals surface area (Å²) in [7, 11) is 0. The van der Waals surface area contributed by atoms with Crippen molar-refractivity contribution in [3.05, 3.63) is 0 Å². The van der Waals surface area contributed by atoms with Crippen LogP contribution in [-0.4, -0.2) is 33.2 Å². The van der Waals surface area contributed by atoms with E-state index in [2.05, 4.69) is 6.92 Å². The lowest BCUT2D eigenvalue weighted by Crippen LogP contribution is -2.21. The second-order valence-electron chi connectivity index (χ2n) is 6.68. The molecule has 24 heavy (non-hydrogen) atoms. The monoisotopic (exact) mass is 344 g/mol. The van der Waals surface area contributed by atoms with Crippen LogP contribution in [-0.2, 0) is 14.4 Å². The van der Waals surface area contributed by atoms with Crippen molar-refractivity contribution in [3.63, 3.8) is 0 Å². The normalized spacial score (nSPS) is 14.8. The molecule has 0 bridgehead atoms. The minimum Gasteiger partial charge on any atom is -0.481 e. The van der Waals surface area contributed by atoms with E-state index in [1.807, 2.05) is 0 Å². The van der Waals surface area contributed by atoms with E-state index in [0.717, 1.165) is 25.7 Å². The lowest BCUT2D eigenvalue weighted by atomic mass is 9.88. The lowest BCUT2D eigenvalue weighted by Gasteiger charge is -2.16. The summed E-state index contributed by atoms with van der Waals surface area (Å²) in [6.45, 7) is 3.62. The number of carboxylic acids is 3. The largest absolute Gasteiger partial charge is 0.481 e. The van der Waals surface area contributed by atoms with E-state index in [9.17, 15) is 24.6 Å². The molecule has 6 heteroatoms. The Morgan fingerprint density at radius 3 is 1.71 bits per heavy atom. The van der Waals surface area contributed by atoms with Gasteiger partial charge in [0.25, 0.3) is 0 Å². The zero-order valence-corrected chi connectivity index (χ0v) is 14.9. The molecule has 0 aromatic heterocycles. The second kappa shape index (κ2) is 12.8. The number of rotatable bonds is 15. The van der Waals surface area contributed by atoms with Crippen LogP contribution in [0.4, 0.5) is 0 Å². The van der Waals surface area contributed by atoms with Gasteiger partial charge < -0.3 is 15.3 Å². The number of hydrogen-bond donors (Lipinski definition) is 3. The minimum atomic E-state index is -1.01. The zero-order valence-electron chi connectivity index (χ0n) is 14.9. The average molecular weight is 344 g/mol. The van der Waals surface area contributed by atoms with Gasteiger partial charge in [-0.25, -0.2) is 0 Å². The van der Waals surface area contributed by atoms with Crippen molar-refractivity contribution in [1.29, 1.82) is 0 Å². The van der Waals surface area contributed by atoms with Crippen LogP contribution in [0.25, 0.3) is 0 Å². The summed E-state index contributed by atoms with van der Waals surface area (Å²) in [6.07, 6.45) is 7.34. The highest BCUT2D eigenvalue weighted by atomic mass is 16.4. The third-order valence-corrected chi connectivity index (χ3v) is 4.52. The molecule has 0 rings (SSSR count). The van der Waals surface area contributed by atoms with Crippen molar-refractivity contribution in [2.45, 2.75) is 78.1 Å². The van der Waals surface area contributed by atoms with Gasteiger partial charge in [-0.1, -0.05) is 52.4 Å². The molecule has 0 saturated heterocycles. The summed E-state index contributed by atoms with van der Waals surface area (Å²) < 4.78 is 0. The Hall–Kier alpha value is -1.59. The first-order valence-electron chi connectivity index (χ1n) is 8.97. The van der Waals surface area contributed by atoms with Crippen LogP contribution in [0.3, 0.4) is 0 Å². The highest BCUT2D eigenvalue weighted by molar-refractivity contribution is 5.73. The summed E-state index contributed by atoms with van der Waals surface area (Å²) in [5.74, 6) is -4.70. The summed E-state index contributed by atoms with van der Waals surface area (Å²) in [6, 6.07) is 0. The fourth-order valence-corrected chi connectivity index (χ4v) is 2.87. The first-order valence-corrected chi connectivity index (χ1v) is 8.97. The van der Waals surface area contributed by atoms with Gasteiger partial charge in [-0.05, 0) is 25.7 Å². The maximum Gasteiger partial charge on any atom is 0.306 e. The molecule has 0 aliphatic heterocycles. The van der Waals surface area contributed by atoms with Gasteiger partial charge in [-0.15, -0.1) is 0 Å². The fraction of sp³-hybridized carbons (Fsp3) is 0.833. The fourth-order valence-electron chi connectivity index (χ4n) is 2.87. The summed E-state index contributed by atoms with van der Waals surface area (Å²) >= 11 is 0. The molecule has 0 saturated carbocycles. The number of carboxylic acid groups (broad SMARTS) is 3. The minimum absolute atomic E-state index is 0.0828. The Bertz CT molecular complexity index is 393. The molecule has 140 valence electrons. The number of aliphatic carboxylic acids is 3. The van der Waals surface area contributed by atoms with Crippen molar-refractivity contribution in [1.82, 2.24) is 0 Å². The molecule has 0 radical (unpaired) electrons. The van der Waals surface area contributed by atoms with E-state index < -0.39 is 35.7 Å². The van der Waals surface area contributed by atoms with Crippen molar-refractivity contribution >= 4 is 17.9 Å². The molecule has 3 atom stereocenters. The van der Waals surface area contributed by atoms with Crippen LogP contribution in [0, 0.1) is 17.8 Å². The van der Waals surface area contributed by atoms with Gasteiger partial charge in [0.05, 0.1) is 17.8 Å². The molecule has 0 amide bonds. The molecular weight excluding hydrogens is 312 g/mol. The van der Waals surface area contributed by atoms with E-state index >= 15 is 0 Å². The standard InChI is InChI=1S/C18H32O6/c1-3-4-5-6-7-9-14(17(21)22)10-8-11-15(18(23)24)12-13(2)16(19)20/h13-15H,3-12H2,1-2H3,(H,19,20)(H,21,22)(H,23,24). The van der Waals surface area contributed by atoms with Crippen LogP contribution in [0.5, 0.6) is 0 Å². The highest BCUT2D eigenvalue weighted by Crippen LogP contribution is 2.23. The van der Waals surface area contributed by atoms with E-state index in [-0.39, 0.29) is 6.42 Å². The van der Waals surface area contributed by atoms with Crippen LogP contribution in [0.1, 0.15) is 78.1 Å². The Balaban J connectivity index is 4.24. The highest BCUT2D eigenvalue weighted by Gasteiger charge is 2.25. The van der Waals surface area contributed by atoms with Crippen LogP contribution >= 0.6 is 0 Å². The third kappa shape index (κ3) is 10.2. The van der Waals surface area contributed by atoms with Crippen molar-refractivity contribution in [2.24, 2.45) is 17.8 Å². The van der Waals surface area contributed by atoms with Gasteiger partial charge >= 0.3 is 17.9 Å². The van der Waals surface area contributed by atoms with Gasteiger partial charge in [0.15, 0.2) is 0 Å². The Labute approximate surface area is 144 Å². The molecule has 0 aliphatic rings. The van der Waals surface area contributed by atoms with E-state index in [1.165, 1.54) is 13.3 Å². The lowest BCUT2D eigenvalue weighted by molar-refractivity contribution is -0.145. The van der Waals surface area contributed by atoms with Crippen LogP contribution in [0.2, 0.25) is 0 Å². The molecule has 6 nitrogen and oxygen atoms in total. The van der Waals surface area contributed by atoms with E-state index in [1.54, 1.807) is 0 Å². The smallest absolute Gasteiger partial charge is 0.306 e. The molecule has 3 N–H and O–H groups in total. The number of carbonyl (C=O) groups is 3.